The summed E-state index contributed by atoms with van der Waals surface area (Å²) in [7, 11) is 0. The van der Waals surface area contributed by atoms with Gasteiger partial charge in [0.25, 0.3) is 5.56 Å². The second kappa shape index (κ2) is 4.83. The van der Waals surface area contributed by atoms with Crippen LogP contribution in [0.4, 0.5) is 0 Å². The minimum Gasteiger partial charge on any atom is -0.326 e. The summed E-state index contributed by atoms with van der Waals surface area (Å²) in [5.41, 5.74) is 7.61. The molecule has 0 aliphatic heterocycles. The largest absolute Gasteiger partial charge is 0.326 e. The predicted molar refractivity (Wildman–Crippen MR) is 65.5 cm³/mol. The molecule has 0 spiro atoms. The predicted octanol–water partition coefficient (Wildman–Crippen LogP) is 1.98. The van der Waals surface area contributed by atoms with Crippen LogP contribution in [0.5, 0.6) is 0 Å². The Balaban J connectivity index is 2.45. The van der Waals surface area contributed by atoms with Crippen molar-refractivity contribution in [1.82, 2.24) is 4.57 Å². The summed E-state index contributed by atoms with van der Waals surface area (Å²) in [6, 6.07) is 4.01. The van der Waals surface area contributed by atoms with Crippen LogP contribution < -0.4 is 11.3 Å². The summed E-state index contributed by atoms with van der Waals surface area (Å²) in [6.45, 7) is 3.11. The fourth-order valence-electron chi connectivity index (χ4n) is 2.70. The molecule has 1 fully saturated rings. The summed E-state index contributed by atoms with van der Waals surface area (Å²) in [4.78, 5) is 12.1. The molecule has 2 N–H and O–H groups in total. The Morgan fingerprint density at radius 3 is 2.62 bits per heavy atom. The Morgan fingerprint density at radius 2 is 2.06 bits per heavy atom. The van der Waals surface area contributed by atoms with Crippen molar-refractivity contribution in [3.63, 3.8) is 0 Å². The summed E-state index contributed by atoms with van der Waals surface area (Å²) < 4.78 is 1.90. The lowest BCUT2D eigenvalue weighted by Gasteiger charge is -2.17. The van der Waals surface area contributed by atoms with Crippen molar-refractivity contribution in [2.45, 2.75) is 51.6 Å². The second-order valence-corrected chi connectivity index (χ2v) is 4.52. The summed E-state index contributed by atoms with van der Waals surface area (Å²) in [5, 5.41) is 0. The van der Waals surface area contributed by atoms with Crippen molar-refractivity contribution < 1.29 is 0 Å². The van der Waals surface area contributed by atoms with Gasteiger partial charge in [-0.3, -0.25) is 4.79 Å². The first-order chi connectivity index (χ1) is 7.77. The number of nitrogens with zero attached hydrogens (tertiary/aromatic N) is 1. The van der Waals surface area contributed by atoms with E-state index < -0.39 is 0 Å². The maximum atomic E-state index is 12.1. The van der Waals surface area contributed by atoms with Gasteiger partial charge in [-0.05, 0) is 31.7 Å². The molecule has 1 heterocycles. The van der Waals surface area contributed by atoms with Gasteiger partial charge in [0, 0.05) is 24.3 Å². The van der Waals surface area contributed by atoms with E-state index in [0.29, 0.717) is 12.5 Å². The first-order valence-corrected chi connectivity index (χ1v) is 6.20. The molecule has 1 aromatic rings. The smallest absolute Gasteiger partial charge is 0.255 e. The third-order valence-electron chi connectivity index (χ3n) is 3.60. The lowest BCUT2D eigenvalue weighted by molar-refractivity contribution is 0.592. The standard InChI is InChI=1S/C13H20N2O/c1-2-15-12(10-5-3-4-6-10)8-7-11(9-14)13(15)16/h7-8,10H,2-6,9,14H2,1H3. The molecular weight excluding hydrogens is 200 g/mol. The van der Waals surface area contributed by atoms with Crippen molar-refractivity contribution in [3.05, 3.63) is 33.7 Å². The molecule has 88 valence electrons. The molecule has 0 unspecified atom stereocenters. The average Bonchev–Trinajstić information content (AvgIpc) is 2.82. The summed E-state index contributed by atoms with van der Waals surface area (Å²) >= 11 is 0. The molecule has 1 aliphatic carbocycles. The molecular formula is C13H20N2O. The Hall–Kier alpha value is -1.09. The SMILES string of the molecule is CCn1c(C2CCCC2)ccc(CN)c1=O. The monoisotopic (exact) mass is 220 g/mol. The topological polar surface area (TPSA) is 48.0 Å². The van der Waals surface area contributed by atoms with E-state index in [-0.39, 0.29) is 5.56 Å². The van der Waals surface area contributed by atoms with E-state index in [1.807, 2.05) is 17.6 Å². The number of hydrogen-bond donors (Lipinski definition) is 1. The zero-order valence-corrected chi connectivity index (χ0v) is 9.91. The molecule has 0 atom stereocenters. The van der Waals surface area contributed by atoms with Gasteiger partial charge < -0.3 is 10.3 Å². The van der Waals surface area contributed by atoms with Gasteiger partial charge >= 0.3 is 0 Å². The van der Waals surface area contributed by atoms with Gasteiger partial charge in [-0.2, -0.15) is 0 Å². The van der Waals surface area contributed by atoms with Gasteiger partial charge in [0.2, 0.25) is 0 Å². The van der Waals surface area contributed by atoms with Gasteiger partial charge in [0.05, 0.1) is 0 Å². The lowest BCUT2D eigenvalue weighted by atomic mass is 10.0. The van der Waals surface area contributed by atoms with Crippen LogP contribution in [0, 0.1) is 0 Å². The van der Waals surface area contributed by atoms with Crippen LogP contribution in [0.3, 0.4) is 0 Å². The quantitative estimate of drug-likeness (QED) is 0.846. The second-order valence-electron chi connectivity index (χ2n) is 4.52. The van der Waals surface area contributed by atoms with Gasteiger partial charge in [0.15, 0.2) is 0 Å². The first kappa shape index (κ1) is 11.4. The zero-order valence-electron chi connectivity index (χ0n) is 9.91. The van der Waals surface area contributed by atoms with E-state index in [2.05, 4.69) is 6.07 Å². The number of nitrogens with two attached hydrogens (primary N) is 1. The van der Waals surface area contributed by atoms with Gasteiger partial charge in [-0.25, -0.2) is 0 Å². The molecule has 0 saturated heterocycles. The van der Waals surface area contributed by atoms with Crippen LogP contribution in [-0.4, -0.2) is 4.57 Å². The highest BCUT2D eigenvalue weighted by Gasteiger charge is 2.20. The molecule has 0 bridgehead atoms. The van der Waals surface area contributed by atoms with Crippen molar-refractivity contribution in [1.29, 1.82) is 0 Å². The molecule has 0 radical (unpaired) electrons. The Labute approximate surface area is 96.3 Å². The molecule has 2 rings (SSSR count). The highest BCUT2D eigenvalue weighted by Crippen LogP contribution is 2.33. The third kappa shape index (κ3) is 1.92. The summed E-state index contributed by atoms with van der Waals surface area (Å²) in [5.74, 6) is 0.583. The van der Waals surface area contributed by atoms with Gasteiger partial charge in [-0.15, -0.1) is 0 Å². The first-order valence-electron chi connectivity index (χ1n) is 6.20. The van der Waals surface area contributed by atoms with Crippen LogP contribution in [0.2, 0.25) is 0 Å². The zero-order chi connectivity index (χ0) is 11.5. The van der Waals surface area contributed by atoms with E-state index >= 15 is 0 Å². The van der Waals surface area contributed by atoms with E-state index in [0.717, 1.165) is 12.1 Å². The minimum absolute atomic E-state index is 0.106. The average molecular weight is 220 g/mol. The van der Waals surface area contributed by atoms with Gasteiger partial charge in [0.1, 0.15) is 0 Å². The molecule has 1 saturated carbocycles. The maximum absolute atomic E-state index is 12.1. The Bertz CT molecular complexity index is 416. The molecule has 0 amide bonds. The molecule has 1 aromatic heterocycles. The molecule has 3 nitrogen and oxygen atoms in total. The number of pyridine rings is 1. The highest BCUT2D eigenvalue weighted by atomic mass is 16.1. The van der Waals surface area contributed by atoms with Gasteiger partial charge in [-0.1, -0.05) is 18.9 Å². The molecule has 16 heavy (non-hydrogen) atoms. The van der Waals surface area contributed by atoms with Crippen molar-refractivity contribution in [3.8, 4) is 0 Å². The third-order valence-corrected chi connectivity index (χ3v) is 3.60. The van der Waals surface area contributed by atoms with E-state index in [9.17, 15) is 4.79 Å². The van der Waals surface area contributed by atoms with Crippen molar-refractivity contribution in [2.24, 2.45) is 5.73 Å². The molecule has 3 heteroatoms. The molecule has 1 aliphatic rings. The van der Waals surface area contributed by atoms with Crippen LogP contribution >= 0.6 is 0 Å². The van der Waals surface area contributed by atoms with Crippen LogP contribution in [0.1, 0.15) is 49.8 Å². The van der Waals surface area contributed by atoms with Crippen molar-refractivity contribution in [2.75, 3.05) is 0 Å². The lowest BCUT2D eigenvalue weighted by Crippen LogP contribution is -2.28. The van der Waals surface area contributed by atoms with Crippen LogP contribution in [0.25, 0.3) is 0 Å². The number of rotatable bonds is 3. The molecule has 0 aromatic carbocycles. The number of hydrogen-bond acceptors (Lipinski definition) is 2. The fraction of sp³-hybridized carbons (Fsp3) is 0.615. The maximum Gasteiger partial charge on any atom is 0.255 e. The fourth-order valence-corrected chi connectivity index (χ4v) is 2.70. The van der Waals surface area contributed by atoms with Crippen molar-refractivity contribution >= 4 is 0 Å². The van der Waals surface area contributed by atoms with Crippen LogP contribution in [0.15, 0.2) is 16.9 Å². The van der Waals surface area contributed by atoms with E-state index in [1.165, 1.54) is 31.4 Å². The van der Waals surface area contributed by atoms with E-state index in [1.54, 1.807) is 0 Å². The Morgan fingerprint density at radius 1 is 1.38 bits per heavy atom. The number of aromatic nitrogens is 1. The van der Waals surface area contributed by atoms with Crippen LogP contribution in [-0.2, 0) is 13.1 Å². The summed E-state index contributed by atoms with van der Waals surface area (Å²) in [6.07, 6.45) is 5.03. The normalized spacial score (nSPS) is 16.9. The Kier molecular flexibility index (Phi) is 3.44. The minimum atomic E-state index is 0.106. The highest BCUT2D eigenvalue weighted by molar-refractivity contribution is 5.19. The van der Waals surface area contributed by atoms with E-state index in [4.69, 9.17) is 5.73 Å².